The molecule has 1 aromatic carbocycles. The first-order valence-corrected chi connectivity index (χ1v) is 5.99. The molecule has 0 spiro atoms. The van der Waals surface area contributed by atoms with Crippen molar-refractivity contribution in [2.75, 3.05) is 6.54 Å². The van der Waals surface area contributed by atoms with Crippen LogP contribution in [0, 0.1) is 0 Å². The third-order valence-electron chi connectivity index (χ3n) is 2.68. The van der Waals surface area contributed by atoms with Gasteiger partial charge in [-0.05, 0) is 18.4 Å². The van der Waals surface area contributed by atoms with Crippen molar-refractivity contribution in [1.29, 1.82) is 0 Å². The summed E-state index contributed by atoms with van der Waals surface area (Å²) in [4.78, 5) is 21.9. The van der Waals surface area contributed by atoms with Gasteiger partial charge in [-0.1, -0.05) is 30.3 Å². The first kappa shape index (κ1) is 15.1. The minimum absolute atomic E-state index is 0.340. The van der Waals surface area contributed by atoms with Crippen LogP contribution >= 0.6 is 0 Å². The van der Waals surface area contributed by atoms with Crippen molar-refractivity contribution < 1.29 is 19.8 Å². The van der Waals surface area contributed by atoms with Crippen LogP contribution < -0.4 is 11.1 Å². The summed E-state index contributed by atoms with van der Waals surface area (Å²) >= 11 is 0. The molecule has 6 nitrogen and oxygen atoms in total. The summed E-state index contributed by atoms with van der Waals surface area (Å²) in [5.41, 5.74) is 6.77. The highest BCUT2D eigenvalue weighted by molar-refractivity contribution is 5.82. The third kappa shape index (κ3) is 5.50. The van der Waals surface area contributed by atoms with Crippen LogP contribution in [0.15, 0.2) is 30.3 Å². The van der Waals surface area contributed by atoms with Crippen molar-refractivity contribution >= 4 is 11.9 Å². The summed E-state index contributed by atoms with van der Waals surface area (Å²) < 4.78 is 0. The molecule has 2 unspecified atom stereocenters. The highest BCUT2D eigenvalue weighted by Gasteiger charge is 2.17. The van der Waals surface area contributed by atoms with Gasteiger partial charge in [0, 0.05) is 0 Å². The topological polar surface area (TPSA) is 113 Å². The number of aliphatic carboxylic acids is 1. The molecule has 0 aliphatic carbocycles. The zero-order chi connectivity index (χ0) is 14.3. The summed E-state index contributed by atoms with van der Waals surface area (Å²) in [6.07, 6.45) is -0.485. The van der Waals surface area contributed by atoms with Crippen molar-refractivity contribution in [1.82, 2.24) is 5.32 Å². The Balaban J connectivity index is 2.31. The van der Waals surface area contributed by atoms with Gasteiger partial charge in [-0.15, -0.1) is 0 Å². The quantitative estimate of drug-likeness (QED) is 0.532. The van der Waals surface area contributed by atoms with Crippen LogP contribution in [0.1, 0.15) is 12.0 Å². The van der Waals surface area contributed by atoms with Crippen LogP contribution in [-0.4, -0.2) is 40.8 Å². The average molecular weight is 266 g/mol. The second-order valence-corrected chi connectivity index (χ2v) is 4.23. The summed E-state index contributed by atoms with van der Waals surface area (Å²) in [6, 6.07) is 8.89. The van der Waals surface area contributed by atoms with Crippen molar-refractivity contribution in [2.45, 2.75) is 25.0 Å². The number of amides is 1. The van der Waals surface area contributed by atoms with Gasteiger partial charge < -0.3 is 21.3 Å². The molecule has 5 N–H and O–H groups in total. The largest absolute Gasteiger partial charge is 0.479 e. The fourth-order valence-corrected chi connectivity index (χ4v) is 1.51. The Morgan fingerprint density at radius 2 is 1.89 bits per heavy atom. The number of carbonyl (C=O) groups excluding carboxylic acids is 1. The lowest BCUT2D eigenvalue weighted by molar-refractivity contribution is -0.146. The number of benzene rings is 1. The number of rotatable bonds is 7. The summed E-state index contributed by atoms with van der Waals surface area (Å²) in [5, 5.41) is 19.8. The fraction of sp³-hybridized carbons (Fsp3) is 0.385. The summed E-state index contributed by atoms with van der Waals surface area (Å²) in [6.45, 7) is -0.340. The second kappa shape index (κ2) is 7.50. The number of carboxylic acids is 1. The van der Waals surface area contributed by atoms with Gasteiger partial charge in [-0.2, -0.15) is 0 Å². The predicted octanol–water partition coefficient (Wildman–Crippen LogP) is -0.492. The number of aliphatic hydroxyl groups excluding tert-OH is 1. The fourth-order valence-electron chi connectivity index (χ4n) is 1.51. The van der Waals surface area contributed by atoms with E-state index in [1.165, 1.54) is 0 Å². The van der Waals surface area contributed by atoms with E-state index < -0.39 is 24.0 Å². The lowest BCUT2D eigenvalue weighted by Crippen LogP contribution is -2.45. The van der Waals surface area contributed by atoms with E-state index in [9.17, 15) is 9.59 Å². The van der Waals surface area contributed by atoms with E-state index in [-0.39, 0.29) is 6.54 Å². The lowest BCUT2D eigenvalue weighted by Gasteiger charge is -2.13. The maximum Gasteiger partial charge on any atom is 0.334 e. The molecular formula is C13H18N2O4. The number of carbonyl (C=O) groups is 2. The third-order valence-corrected chi connectivity index (χ3v) is 2.68. The molecule has 0 aliphatic rings. The molecule has 2 atom stereocenters. The highest BCUT2D eigenvalue weighted by atomic mass is 16.4. The van der Waals surface area contributed by atoms with Crippen molar-refractivity contribution in [3.05, 3.63) is 35.9 Å². The maximum atomic E-state index is 11.6. The first-order valence-electron chi connectivity index (χ1n) is 5.99. The Hall–Kier alpha value is -1.92. The molecule has 19 heavy (non-hydrogen) atoms. The minimum Gasteiger partial charge on any atom is -0.479 e. The van der Waals surface area contributed by atoms with Crippen LogP contribution in [0.4, 0.5) is 0 Å². The Morgan fingerprint density at radius 1 is 1.26 bits per heavy atom. The SMILES string of the molecule is NC(CCc1ccccc1)C(=O)NCC(O)C(=O)O. The van der Waals surface area contributed by atoms with Gasteiger partial charge in [0.15, 0.2) is 6.10 Å². The van der Waals surface area contributed by atoms with E-state index in [0.717, 1.165) is 5.56 Å². The van der Waals surface area contributed by atoms with Crippen molar-refractivity contribution in [2.24, 2.45) is 5.73 Å². The van der Waals surface area contributed by atoms with E-state index in [1.807, 2.05) is 30.3 Å². The van der Waals surface area contributed by atoms with Crippen LogP contribution in [0.25, 0.3) is 0 Å². The molecule has 1 aromatic rings. The number of hydrogen-bond acceptors (Lipinski definition) is 4. The molecule has 0 fully saturated rings. The zero-order valence-corrected chi connectivity index (χ0v) is 10.5. The molecule has 0 saturated carbocycles. The van der Waals surface area contributed by atoms with E-state index in [1.54, 1.807) is 0 Å². The number of carboxylic acid groups (broad SMARTS) is 1. The normalized spacial score (nSPS) is 13.6. The van der Waals surface area contributed by atoms with E-state index in [2.05, 4.69) is 5.32 Å². The highest BCUT2D eigenvalue weighted by Crippen LogP contribution is 2.04. The molecule has 0 aromatic heterocycles. The Labute approximate surface area is 111 Å². The average Bonchev–Trinajstić information content (AvgIpc) is 2.42. The van der Waals surface area contributed by atoms with Gasteiger partial charge in [0.05, 0.1) is 12.6 Å². The zero-order valence-electron chi connectivity index (χ0n) is 10.5. The lowest BCUT2D eigenvalue weighted by atomic mass is 10.1. The Kier molecular flexibility index (Phi) is 5.98. The molecular weight excluding hydrogens is 248 g/mol. The van der Waals surface area contributed by atoms with Gasteiger partial charge in [-0.3, -0.25) is 4.79 Å². The molecule has 0 bridgehead atoms. The molecule has 0 saturated heterocycles. The second-order valence-electron chi connectivity index (χ2n) is 4.23. The van der Waals surface area contributed by atoms with Gasteiger partial charge in [0.25, 0.3) is 0 Å². The predicted molar refractivity (Wildman–Crippen MR) is 69.4 cm³/mol. The molecule has 1 amide bonds. The van der Waals surface area contributed by atoms with Crippen molar-refractivity contribution in [3.63, 3.8) is 0 Å². The van der Waals surface area contributed by atoms with Crippen molar-refractivity contribution in [3.8, 4) is 0 Å². The Morgan fingerprint density at radius 3 is 2.47 bits per heavy atom. The standard InChI is InChI=1S/C13H18N2O4/c14-10(7-6-9-4-2-1-3-5-9)12(17)15-8-11(16)13(18)19/h1-5,10-11,16H,6-8,14H2,(H,15,17)(H,18,19). The van der Waals surface area contributed by atoms with Gasteiger partial charge in [0.1, 0.15) is 0 Å². The van der Waals surface area contributed by atoms with Crippen LogP contribution in [-0.2, 0) is 16.0 Å². The van der Waals surface area contributed by atoms with E-state index >= 15 is 0 Å². The van der Waals surface area contributed by atoms with Gasteiger partial charge in [-0.25, -0.2) is 4.79 Å². The van der Waals surface area contributed by atoms with Gasteiger partial charge >= 0.3 is 5.97 Å². The molecule has 0 heterocycles. The molecule has 104 valence electrons. The number of nitrogens with two attached hydrogens (primary N) is 1. The van der Waals surface area contributed by atoms with Crippen LogP contribution in [0.5, 0.6) is 0 Å². The van der Waals surface area contributed by atoms with Gasteiger partial charge in [0.2, 0.25) is 5.91 Å². The molecule has 0 radical (unpaired) electrons. The van der Waals surface area contributed by atoms with E-state index in [4.69, 9.17) is 15.9 Å². The number of nitrogens with one attached hydrogen (secondary N) is 1. The van der Waals surface area contributed by atoms with E-state index in [0.29, 0.717) is 12.8 Å². The summed E-state index contributed by atoms with van der Waals surface area (Å²) in [7, 11) is 0. The van der Waals surface area contributed by atoms with Crippen LogP contribution in [0.3, 0.4) is 0 Å². The molecule has 1 rings (SSSR count). The number of aryl methyl sites for hydroxylation is 1. The molecule has 6 heteroatoms. The maximum absolute atomic E-state index is 11.6. The minimum atomic E-state index is -1.61. The molecule has 0 aliphatic heterocycles. The number of aliphatic hydroxyl groups is 1. The first-order chi connectivity index (χ1) is 9.00. The summed E-state index contributed by atoms with van der Waals surface area (Å²) in [5.74, 6) is -1.84. The van der Waals surface area contributed by atoms with Crippen LogP contribution in [0.2, 0.25) is 0 Å². The number of hydrogen-bond donors (Lipinski definition) is 4. The monoisotopic (exact) mass is 266 g/mol. The Bertz CT molecular complexity index is 422. The smallest absolute Gasteiger partial charge is 0.334 e.